The molecule has 1 aromatic carbocycles. The Bertz CT molecular complexity index is 764. The highest BCUT2D eigenvalue weighted by atomic mass is 19.1. The third-order valence-corrected chi connectivity index (χ3v) is 4.19. The molecule has 0 saturated carbocycles. The number of nitrogens with one attached hydrogen (secondary N) is 1. The number of anilines is 1. The van der Waals surface area contributed by atoms with Crippen molar-refractivity contribution >= 4 is 11.6 Å². The Labute approximate surface area is 139 Å². The Kier molecular flexibility index (Phi) is 4.71. The Morgan fingerprint density at radius 3 is 2.62 bits per heavy atom. The first kappa shape index (κ1) is 15.9. The minimum Gasteiger partial charge on any atom is -0.381 e. The summed E-state index contributed by atoms with van der Waals surface area (Å²) in [6, 6.07) is 9.99. The molecule has 0 atom stereocenters. The Morgan fingerprint density at radius 2 is 1.96 bits per heavy atom. The molecule has 0 unspecified atom stereocenters. The first-order valence-corrected chi connectivity index (χ1v) is 7.83. The number of hydrogen-bond acceptors (Lipinski definition) is 4. The summed E-state index contributed by atoms with van der Waals surface area (Å²) in [5.41, 5.74) is 1.18. The van der Waals surface area contributed by atoms with Crippen LogP contribution in [-0.2, 0) is 0 Å². The van der Waals surface area contributed by atoms with Crippen LogP contribution in [0.5, 0.6) is 0 Å². The minimum atomic E-state index is -0.521. The van der Waals surface area contributed by atoms with Gasteiger partial charge in [-0.25, -0.2) is 4.39 Å². The number of hydrogen-bond donors (Lipinski definition) is 1. The Morgan fingerprint density at radius 1 is 1.25 bits per heavy atom. The summed E-state index contributed by atoms with van der Waals surface area (Å²) in [6.07, 6.45) is 4.71. The quantitative estimate of drug-likeness (QED) is 0.942. The third-order valence-electron chi connectivity index (χ3n) is 4.19. The fourth-order valence-corrected chi connectivity index (χ4v) is 2.88. The van der Waals surface area contributed by atoms with Crippen molar-refractivity contribution in [3.8, 4) is 6.07 Å². The van der Waals surface area contributed by atoms with E-state index in [9.17, 15) is 9.18 Å². The monoisotopic (exact) mass is 324 g/mol. The predicted octanol–water partition coefficient (Wildman–Crippen LogP) is 2.81. The number of carbonyl (C=O) groups excluding carboxylic acids is 1. The molecule has 0 radical (unpaired) electrons. The maximum atomic E-state index is 13.6. The van der Waals surface area contributed by atoms with Gasteiger partial charge in [-0.3, -0.25) is 9.78 Å². The molecule has 1 N–H and O–H groups in total. The van der Waals surface area contributed by atoms with Crippen LogP contribution in [0.2, 0.25) is 0 Å². The van der Waals surface area contributed by atoms with Gasteiger partial charge in [0, 0.05) is 37.1 Å². The molecule has 0 aliphatic carbocycles. The Hall–Kier alpha value is -2.94. The van der Waals surface area contributed by atoms with Gasteiger partial charge in [0.05, 0.1) is 5.69 Å². The standard InChI is InChI=1S/C18H17FN4O/c19-16-2-1-3-17(15(16)12-20)22-14-6-10-23(11-7-14)18(24)13-4-8-21-9-5-13/h1-5,8-9,14,22H,6-7,10-11H2. The highest BCUT2D eigenvalue weighted by molar-refractivity contribution is 5.94. The predicted molar refractivity (Wildman–Crippen MR) is 87.9 cm³/mol. The topological polar surface area (TPSA) is 69.0 Å². The second-order valence-electron chi connectivity index (χ2n) is 5.72. The highest BCUT2D eigenvalue weighted by Gasteiger charge is 2.24. The zero-order chi connectivity index (χ0) is 16.9. The molecule has 1 amide bonds. The van der Waals surface area contributed by atoms with Crippen molar-refractivity contribution in [2.24, 2.45) is 0 Å². The molecule has 1 aliphatic heterocycles. The van der Waals surface area contributed by atoms with E-state index in [1.165, 1.54) is 6.07 Å². The van der Waals surface area contributed by atoms with Gasteiger partial charge in [0.2, 0.25) is 0 Å². The molecule has 0 bridgehead atoms. The van der Waals surface area contributed by atoms with Gasteiger partial charge >= 0.3 is 0 Å². The number of likely N-dealkylation sites (tertiary alicyclic amines) is 1. The van der Waals surface area contributed by atoms with Gasteiger partial charge in [-0.15, -0.1) is 0 Å². The zero-order valence-corrected chi connectivity index (χ0v) is 13.1. The van der Waals surface area contributed by atoms with Crippen molar-refractivity contribution in [1.29, 1.82) is 5.26 Å². The summed E-state index contributed by atoms with van der Waals surface area (Å²) < 4.78 is 13.6. The number of nitriles is 1. The molecule has 1 aliphatic rings. The van der Waals surface area contributed by atoms with Crippen LogP contribution in [0.4, 0.5) is 10.1 Å². The number of amides is 1. The molecule has 1 aromatic heterocycles. The molecule has 0 spiro atoms. The normalized spacial score (nSPS) is 14.9. The van der Waals surface area contributed by atoms with Crippen LogP contribution in [0.25, 0.3) is 0 Å². The van der Waals surface area contributed by atoms with Crippen molar-refractivity contribution in [3.63, 3.8) is 0 Å². The van der Waals surface area contributed by atoms with Crippen molar-refractivity contribution in [1.82, 2.24) is 9.88 Å². The summed E-state index contributed by atoms with van der Waals surface area (Å²) in [7, 11) is 0. The van der Waals surface area contributed by atoms with Crippen LogP contribution in [0, 0.1) is 17.1 Å². The van der Waals surface area contributed by atoms with Crippen molar-refractivity contribution < 1.29 is 9.18 Å². The summed E-state index contributed by atoms with van der Waals surface area (Å²) in [5.74, 6) is -0.521. The maximum absolute atomic E-state index is 13.6. The van der Waals surface area contributed by atoms with Gasteiger partial charge in [-0.05, 0) is 37.1 Å². The van der Waals surface area contributed by atoms with Gasteiger partial charge in [-0.1, -0.05) is 6.07 Å². The largest absolute Gasteiger partial charge is 0.381 e. The average Bonchev–Trinajstić information content (AvgIpc) is 2.63. The molecule has 6 heteroatoms. The molecule has 2 heterocycles. The van der Waals surface area contributed by atoms with Gasteiger partial charge < -0.3 is 10.2 Å². The van der Waals surface area contributed by atoms with Gasteiger partial charge in [-0.2, -0.15) is 5.26 Å². The third kappa shape index (κ3) is 3.35. The number of aromatic nitrogens is 1. The van der Waals surface area contributed by atoms with Crippen LogP contribution >= 0.6 is 0 Å². The van der Waals surface area contributed by atoms with E-state index in [0.29, 0.717) is 24.3 Å². The number of benzene rings is 1. The fraction of sp³-hybridized carbons (Fsp3) is 0.278. The second kappa shape index (κ2) is 7.09. The van der Waals surface area contributed by atoms with Gasteiger partial charge in [0.15, 0.2) is 0 Å². The van der Waals surface area contributed by atoms with Crippen LogP contribution < -0.4 is 5.32 Å². The molecule has 1 saturated heterocycles. The van der Waals surface area contributed by atoms with E-state index >= 15 is 0 Å². The summed E-state index contributed by atoms with van der Waals surface area (Å²) in [4.78, 5) is 18.1. The van der Waals surface area contributed by atoms with E-state index in [-0.39, 0.29) is 17.5 Å². The average molecular weight is 324 g/mol. The van der Waals surface area contributed by atoms with Crippen molar-refractivity contribution in [2.75, 3.05) is 18.4 Å². The van der Waals surface area contributed by atoms with Crippen LogP contribution in [-0.4, -0.2) is 34.9 Å². The Balaban J connectivity index is 1.61. The second-order valence-corrected chi connectivity index (χ2v) is 5.72. The zero-order valence-electron chi connectivity index (χ0n) is 13.1. The lowest BCUT2D eigenvalue weighted by Gasteiger charge is -2.33. The number of halogens is 1. The summed E-state index contributed by atoms with van der Waals surface area (Å²) in [6.45, 7) is 1.24. The van der Waals surface area contributed by atoms with Gasteiger partial charge in [0.25, 0.3) is 5.91 Å². The van der Waals surface area contributed by atoms with E-state index in [0.717, 1.165) is 12.8 Å². The molecular formula is C18H17FN4O. The summed E-state index contributed by atoms with van der Waals surface area (Å²) in [5, 5.41) is 12.3. The van der Waals surface area contributed by atoms with Crippen LogP contribution in [0.3, 0.4) is 0 Å². The number of piperidine rings is 1. The van der Waals surface area contributed by atoms with E-state index < -0.39 is 5.82 Å². The molecule has 3 rings (SSSR count). The highest BCUT2D eigenvalue weighted by Crippen LogP contribution is 2.22. The first-order chi connectivity index (χ1) is 11.7. The van der Waals surface area contributed by atoms with Crippen LogP contribution in [0.1, 0.15) is 28.8 Å². The fourth-order valence-electron chi connectivity index (χ4n) is 2.88. The van der Waals surface area contributed by atoms with E-state index in [1.807, 2.05) is 11.0 Å². The van der Waals surface area contributed by atoms with E-state index in [4.69, 9.17) is 5.26 Å². The van der Waals surface area contributed by atoms with E-state index in [2.05, 4.69) is 10.3 Å². The smallest absolute Gasteiger partial charge is 0.253 e. The molecule has 122 valence electrons. The molecular weight excluding hydrogens is 307 g/mol. The SMILES string of the molecule is N#Cc1c(F)cccc1NC1CCN(C(=O)c2ccncc2)CC1. The van der Waals surface area contributed by atoms with Crippen molar-refractivity contribution in [2.45, 2.75) is 18.9 Å². The number of nitrogens with zero attached hydrogens (tertiary/aromatic N) is 3. The summed E-state index contributed by atoms with van der Waals surface area (Å²) >= 11 is 0. The van der Waals surface area contributed by atoms with E-state index in [1.54, 1.807) is 36.7 Å². The lowest BCUT2D eigenvalue weighted by atomic mass is 10.0. The molecule has 2 aromatic rings. The lowest BCUT2D eigenvalue weighted by Crippen LogP contribution is -2.42. The first-order valence-electron chi connectivity index (χ1n) is 7.83. The minimum absolute atomic E-state index is 0.000630. The molecule has 1 fully saturated rings. The van der Waals surface area contributed by atoms with Gasteiger partial charge in [0.1, 0.15) is 17.4 Å². The lowest BCUT2D eigenvalue weighted by molar-refractivity contribution is 0.0718. The van der Waals surface area contributed by atoms with Crippen molar-refractivity contribution in [3.05, 3.63) is 59.7 Å². The molecule has 5 nitrogen and oxygen atoms in total. The number of carbonyl (C=O) groups is 1. The molecule has 24 heavy (non-hydrogen) atoms. The number of pyridine rings is 1. The van der Waals surface area contributed by atoms with Crippen LogP contribution in [0.15, 0.2) is 42.7 Å². The number of rotatable bonds is 3. The maximum Gasteiger partial charge on any atom is 0.253 e.